The van der Waals surface area contributed by atoms with E-state index in [0.717, 1.165) is 17.7 Å². The smallest absolute Gasteiger partial charge is 0.325 e. The molecule has 1 heterocycles. The highest BCUT2D eigenvalue weighted by Crippen LogP contribution is 2.36. The fourth-order valence-corrected chi connectivity index (χ4v) is 4.28. The summed E-state index contributed by atoms with van der Waals surface area (Å²) in [6.07, 6.45) is 2.78. The average molecular weight is 462 g/mol. The number of carbonyl (C=O) groups excluding carboxylic acids is 4. The molecule has 2 fully saturated rings. The van der Waals surface area contributed by atoms with Crippen molar-refractivity contribution in [3.8, 4) is 11.5 Å². The monoisotopic (exact) mass is 461 g/mol. The first-order valence-electron chi connectivity index (χ1n) is 10.9. The Morgan fingerprint density at radius 3 is 2.24 bits per heavy atom. The molecule has 180 valence electrons. The molecular formula is C23H31N3O7. The Balaban J connectivity index is 1.78. The van der Waals surface area contributed by atoms with E-state index in [-0.39, 0.29) is 19.0 Å². The lowest BCUT2D eigenvalue weighted by Crippen LogP contribution is -2.50. The number of ether oxygens (including phenoxy) is 3. The number of amides is 4. The van der Waals surface area contributed by atoms with E-state index in [0.29, 0.717) is 35.8 Å². The maximum Gasteiger partial charge on any atom is 0.325 e. The van der Waals surface area contributed by atoms with Crippen LogP contribution in [0.3, 0.4) is 0 Å². The lowest BCUT2D eigenvalue weighted by molar-refractivity contribution is -0.148. The summed E-state index contributed by atoms with van der Waals surface area (Å²) in [5.41, 5.74) is -0.282. The van der Waals surface area contributed by atoms with Crippen molar-refractivity contribution in [1.82, 2.24) is 15.1 Å². The predicted octanol–water partition coefficient (Wildman–Crippen LogP) is 1.71. The van der Waals surface area contributed by atoms with Crippen LogP contribution >= 0.6 is 0 Å². The molecule has 10 nitrogen and oxygen atoms in total. The summed E-state index contributed by atoms with van der Waals surface area (Å²) in [6, 6.07) is 4.54. The lowest BCUT2D eigenvalue weighted by Gasteiger charge is -2.33. The van der Waals surface area contributed by atoms with Gasteiger partial charge in [0.25, 0.3) is 5.91 Å². The van der Waals surface area contributed by atoms with Crippen molar-refractivity contribution in [2.24, 2.45) is 5.92 Å². The molecule has 4 amide bonds. The van der Waals surface area contributed by atoms with Crippen LogP contribution in [-0.4, -0.2) is 73.6 Å². The number of nitrogens with one attached hydrogen (secondary N) is 1. The number of nitrogens with zero attached hydrogens (tertiary/aromatic N) is 2. The van der Waals surface area contributed by atoms with E-state index in [1.165, 1.54) is 26.2 Å². The maximum absolute atomic E-state index is 13.2. The van der Waals surface area contributed by atoms with Gasteiger partial charge in [0, 0.05) is 12.6 Å². The van der Waals surface area contributed by atoms with Crippen LogP contribution in [0.25, 0.3) is 0 Å². The maximum atomic E-state index is 13.2. The van der Waals surface area contributed by atoms with Crippen molar-refractivity contribution in [2.45, 2.75) is 44.7 Å². The van der Waals surface area contributed by atoms with Gasteiger partial charge in [-0.2, -0.15) is 0 Å². The molecule has 0 radical (unpaired) electrons. The summed E-state index contributed by atoms with van der Waals surface area (Å²) in [7, 11) is 4.25. The van der Waals surface area contributed by atoms with Crippen molar-refractivity contribution in [2.75, 3.05) is 34.4 Å². The molecule has 1 N–H and O–H groups in total. The zero-order chi connectivity index (χ0) is 24.2. The molecule has 1 aromatic rings. The van der Waals surface area contributed by atoms with Crippen LogP contribution in [0.4, 0.5) is 4.79 Å². The minimum absolute atomic E-state index is 0.0355. The lowest BCUT2D eigenvalue weighted by atomic mass is 9.77. The van der Waals surface area contributed by atoms with Crippen molar-refractivity contribution in [3.63, 3.8) is 0 Å². The standard InChI is InChI=1S/C23H31N3O7/c1-15-5-7-23(8-6-15)21(29)26(22(30)24-23)13-19(27)25(14-20(28)33-4)12-16-9-17(31-2)11-18(10-16)32-3/h9-11,15H,5-8,12-14H2,1-4H3,(H,24,30). The predicted molar refractivity (Wildman–Crippen MR) is 118 cm³/mol. The molecule has 3 rings (SSSR count). The second-order valence-electron chi connectivity index (χ2n) is 8.63. The Morgan fingerprint density at radius 2 is 1.70 bits per heavy atom. The Kier molecular flexibility index (Phi) is 7.45. The summed E-state index contributed by atoms with van der Waals surface area (Å²) in [5, 5.41) is 2.81. The van der Waals surface area contributed by atoms with E-state index < -0.39 is 30.0 Å². The third-order valence-electron chi connectivity index (χ3n) is 6.35. The van der Waals surface area contributed by atoms with E-state index in [4.69, 9.17) is 14.2 Å². The summed E-state index contributed by atoms with van der Waals surface area (Å²) in [6.45, 7) is 1.36. The van der Waals surface area contributed by atoms with Crippen molar-refractivity contribution in [1.29, 1.82) is 0 Å². The molecule has 10 heteroatoms. The molecule has 1 aliphatic carbocycles. The fourth-order valence-electron chi connectivity index (χ4n) is 4.28. The van der Waals surface area contributed by atoms with E-state index >= 15 is 0 Å². The third kappa shape index (κ3) is 5.37. The van der Waals surface area contributed by atoms with Crippen LogP contribution in [0.1, 0.15) is 38.2 Å². The molecule has 0 bridgehead atoms. The molecule has 1 aliphatic heterocycles. The molecule has 2 aliphatic rings. The van der Waals surface area contributed by atoms with Crippen LogP contribution in [0, 0.1) is 5.92 Å². The second kappa shape index (κ2) is 10.1. The average Bonchev–Trinajstić information content (AvgIpc) is 3.04. The molecule has 0 aromatic heterocycles. The Morgan fingerprint density at radius 1 is 1.09 bits per heavy atom. The summed E-state index contributed by atoms with van der Waals surface area (Å²) < 4.78 is 15.3. The number of benzene rings is 1. The minimum Gasteiger partial charge on any atom is -0.497 e. The zero-order valence-corrected chi connectivity index (χ0v) is 19.5. The fraction of sp³-hybridized carbons (Fsp3) is 0.565. The van der Waals surface area contributed by atoms with E-state index in [2.05, 4.69) is 12.2 Å². The topological polar surface area (TPSA) is 114 Å². The Labute approximate surface area is 193 Å². The molecule has 33 heavy (non-hydrogen) atoms. The van der Waals surface area contributed by atoms with Gasteiger partial charge in [-0.1, -0.05) is 6.92 Å². The second-order valence-corrected chi connectivity index (χ2v) is 8.63. The van der Waals surface area contributed by atoms with Gasteiger partial charge in [0.15, 0.2) is 0 Å². The molecule has 1 saturated heterocycles. The number of carbonyl (C=O) groups is 4. The van der Waals surface area contributed by atoms with Crippen LogP contribution in [-0.2, 0) is 25.7 Å². The van der Waals surface area contributed by atoms with Gasteiger partial charge in [0.05, 0.1) is 21.3 Å². The number of methoxy groups -OCH3 is 3. The zero-order valence-electron chi connectivity index (χ0n) is 19.5. The van der Waals surface area contributed by atoms with Gasteiger partial charge in [-0.15, -0.1) is 0 Å². The molecule has 1 spiro atoms. The molecular weight excluding hydrogens is 430 g/mol. The summed E-state index contributed by atoms with van der Waals surface area (Å²) >= 11 is 0. The van der Waals surface area contributed by atoms with Crippen LogP contribution < -0.4 is 14.8 Å². The van der Waals surface area contributed by atoms with Crippen molar-refractivity contribution < 1.29 is 33.4 Å². The first kappa shape index (κ1) is 24.3. The summed E-state index contributed by atoms with van der Waals surface area (Å²) in [4.78, 5) is 53.0. The van der Waals surface area contributed by atoms with Crippen molar-refractivity contribution >= 4 is 23.8 Å². The van der Waals surface area contributed by atoms with Gasteiger partial charge in [0.1, 0.15) is 30.1 Å². The first-order chi connectivity index (χ1) is 15.7. The Bertz CT molecular complexity index is 902. The highest BCUT2D eigenvalue weighted by molar-refractivity contribution is 6.09. The highest BCUT2D eigenvalue weighted by Gasteiger charge is 2.52. The van der Waals surface area contributed by atoms with E-state index in [1.807, 2.05) is 0 Å². The first-order valence-corrected chi connectivity index (χ1v) is 10.9. The molecule has 1 aromatic carbocycles. The van der Waals surface area contributed by atoms with Crippen LogP contribution in [0.5, 0.6) is 11.5 Å². The Hall–Kier alpha value is -3.30. The van der Waals surface area contributed by atoms with Gasteiger partial charge in [-0.05, 0) is 49.3 Å². The molecule has 0 atom stereocenters. The number of imide groups is 1. The number of hydrogen-bond acceptors (Lipinski definition) is 7. The highest BCUT2D eigenvalue weighted by atomic mass is 16.5. The summed E-state index contributed by atoms with van der Waals surface area (Å²) in [5.74, 6) is -0.00457. The largest absolute Gasteiger partial charge is 0.497 e. The quantitative estimate of drug-likeness (QED) is 0.463. The number of rotatable bonds is 8. The third-order valence-corrected chi connectivity index (χ3v) is 6.35. The van der Waals surface area contributed by atoms with E-state index in [9.17, 15) is 19.2 Å². The van der Waals surface area contributed by atoms with Gasteiger partial charge >= 0.3 is 12.0 Å². The SMILES string of the molecule is COC(=O)CN(Cc1cc(OC)cc(OC)c1)C(=O)CN1C(=O)NC2(CCC(C)CC2)C1=O. The van der Waals surface area contributed by atoms with Gasteiger partial charge in [-0.25, -0.2) is 4.79 Å². The van der Waals surface area contributed by atoms with Gasteiger partial charge in [-0.3, -0.25) is 19.3 Å². The van der Waals surface area contributed by atoms with E-state index in [1.54, 1.807) is 18.2 Å². The van der Waals surface area contributed by atoms with Gasteiger partial charge < -0.3 is 24.4 Å². The number of hydrogen-bond donors (Lipinski definition) is 1. The minimum atomic E-state index is -0.933. The number of urea groups is 1. The molecule has 0 unspecified atom stereocenters. The normalized spacial score (nSPS) is 22.2. The van der Waals surface area contributed by atoms with Gasteiger partial charge in [0.2, 0.25) is 5.91 Å². The van der Waals surface area contributed by atoms with Crippen LogP contribution in [0.15, 0.2) is 18.2 Å². The van der Waals surface area contributed by atoms with Crippen LogP contribution in [0.2, 0.25) is 0 Å². The van der Waals surface area contributed by atoms with Crippen molar-refractivity contribution in [3.05, 3.63) is 23.8 Å². The molecule has 1 saturated carbocycles. The number of esters is 1.